The van der Waals surface area contributed by atoms with Crippen LogP contribution in [0.3, 0.4) is 0 Å². The number of anilines is 1. The highest BCUT2D eigenvalue weighted by Gasteiger charge is 2.68. The molecule has 1 aromatic heterocycles. The Bertz CT molecular complexity index is 498. The smallest absolute Gasteiger partial charge is 0.239 e. The van der Waals surface area contributed by atoms with E-state index in [1.54, 1.807) is 0 Å². The molecule has 0 saturated heterocycles. The molecule has 1 amide bonds. The molecule has 0 atom stereocenters. The number of nitrogens with one attached hydrogen (secondary N) is 1. The SMILES string of the molecule is CC1(C)C(C(=O)Nc2ccc(F)nc2F)C1(C)C. The van der Waals surface area contributed by atoms with E-state index < -0.39 is 11.9 Å². The van der Waals surface area contributed by atoms with Gasteiger partial charge in [0.15, 0.2) is 0 Å². The average molecular weight is 254 g/mol. The van der Waals surface area contributed by atoms with E-state index in [1.165, 1.54) is 6.07 Å². The maximum atomic E-state index is 13.3. The summed E-state index contributed by atoms with van der Waals surface area (Å²) in [6.45, 7) is 7.99. The van der Waals surface area contributed by atoms with Gasteiger partial charge in [0.1, 0.15) is 0 Å². The molecule has 3 nitrogen and oxygen atoms in total. The minimum absolute atomic E-state index is 0.0834. The van der Waals surface area contributed by atoms with Crippen LogP contribution in [0, 0.1) is 28.6 Å². The molecule has 0 aromatic carbocycles. The van der Waals surface area contributed by atoms with Crippen LogP contribution in [0.5, 0.6) is 0 Å². The van der Waals surface area contributed by atoms with Crippen molar-refractivity contribution in [1.82, 2.24) is 4.98 Å². The van der Waals surface area contributed by atoms with Gasteiger partial charge in [-0.1, -0.05) is 27.7 Å². The Morgan fingerprint density at radius 1 is 1.22 bits per heavy atom. The summed E-state index contributed by atoms with van der Waals surface area (Å²) < 4.78 is 26.0. The molecule has 2 rings (SSSR count). The van der Waals surface area contributed by atoms with Crippen LogP contribution in [0.4, 0.5) is 14.5 Å². The summed E-state index contributed by atoms with van der Waals surface area (Å²) in [4.78, 5) is 15.1. The Morgan fingerprint density at radius 2 is 1.78 bits per heavy atom. The highest BCUT2D eigenvalue weighted by molar-refractivity contribution is 5.96. The minimum Gasteiger partial charge on any atom is -0.322 e. The quantitative estimate of drug-likeness (QED) is 0.824. The van der Waals surface area contributed by atoms with Crippen molar-refractivity contribution in [3.05, 3.63) is 24.0 Å². The third kappa shape index (κ3) is 1.78. The summed E-state index contributed by atoms with van der Waals surface area (Å²) in [5, 5.41) is 2.47. The molecule has 98 valence electrons. The van der Waals surface area contributed by atoms with Gasteiger partial charge in [-0.05, 0) is 23.0 Å². The Hall–Kier alpha value is -1.52. The third-order valence-electron chi connectivity index (χ3n) is 4.36. The predicted molar refractivity (Wildman–Crippen MR) is 63.8 cm³/mol. The van der Waals surface area contributed by atoms with E-state index in [4.69, 9.17) is 0 Å². The number of amides is 1. The number of hydrogen-bond donors (Lipinski definition) is 1. The zero-order valence-corrected chi connectivity index (χ0v) is 10.8. The van der Waals surface area contributed by atoms with E-state index in [-0.39, 0.29) is 28.3 Å². The fourth-order valence-electron chi connectivity index (χ4n) is 2.56. The highest BCUT2D eigenvalue weighted by atomic mass is 19.1. The molecule has 1 aromatic rings. The van der Waals surface area contributed by atoms with Crippen LogP contribution >= 0.6 is 0 Å². The lowest BCUT2D eigenvalue weighted by atomic mass is 10.0. The van der Waals surface area contributed by atoms with Crippen LogP contribution in [0.2, 0.25) is 0 Å². The number of pyridine rings is 1. The molecule has 0 bridgehead atoms. The van der Waals surface area contributed by atoms with Gasteiger partial charge in [-0.25, -0.2) is 0 Å². The topological polar surface area (TPSA) is 42.0 Å². The second kappa shape index (κ2) is 3.73. The van der Waals surface area contributed by atoms with Crippen LogP contribution in [0.1, 0.15) is 27.7 Å². The van der Waals surface area contributed by atoms with Crippen molar-refractivity contribution < 1.29 is 13.6 Å². The van der Waals surface area contributed by atoms with Gasteiger partial charge < -0.3 is 5.32 Å². The Balaban J connectivity index is 2.14. The molecule has 1 saturated carbocycles. The van der Waals surface area contributed by atoms with Gasteiger partial charge in [0, 0.05) is 5.92 Å². The number of rotatable bonds is 2. The van der Waals surface area contributed by atoms with Gasteiger partial charge in [-0.2, -0.15) is 13.8 Å². The van der Waals surface area contributed by atoms with Crippen molar-refractivity contribution in [2.24, 2.45) is 16.7 Å². The van der Waals surface area contributed by atoms with Crippen LogP contribution in [-0.4, -0.2) is 10.9 Å². The van der Waals surface area contributed by atoms with E-state index in [1.807, 2.05) is 27.7 Å². The van der Waals surface area contributed by atoms with Crippen molar-refractivity contribution in [2.75, 3.05) is 5.32 Å². The fourth-order valence-corrected chi connectivity index (χ4v) is 2.56. The Labute approximate surface area is 105 Å². The summed E-state index contributed by atoms with van der Waals surface area (Å²) in [6.07, 6.45) is 0. The number of carbonyl (C=O) groups excluding carboxylic acids is 1. The monoisotopic (exact) mass is 254 g/mol. The normalized spacial score (nSPS) is 20.6. The molecule has 18 heavy (non-hydrogen) atoms. The first-order valence-electron chi connectivity index (χ1n) is 5.81. The van der Waals surface area contributed by atoms with E-state index in [2.05, 4.69) is 10.3 Å². The molecule has 5 heteroatoms. The van der Waals surface area contributed by atoms with Gasteiger partial charge in [0.2, 0.25) is 17.8 Å². The third-order valence-corrected chi connectivity index (χ3v) is 4.36. The van der Waals surface area contributed by atoms with Crippen LogP contribution in [0.15, 0.2) is 12.1 Å². The van der Waals surface area contributed by atoms with E-state index in [0.717, 1.165) is 6.07 Å². The van der Waals surface area contributed by atoms with E-state index in [9.17, 15) is 13.6 Å². The van der Waals surface area contributed by atoms with E-state index >= 15 is 0 Å². The molecule has 1 fully saturated rings. The van der Waals surface area contributed by atoms with Gasteiger partial charge in [0.25, 0.3) is 0 Å². The maximum Gasteiger partial charge on any atom is 0.239 e. The molecule has 0 aliphatic heterocycles. The second-order valence-electron chi connectivity index (χ2n) is 5.84. The number of carbonyl (C=O) groups is 1. The summed E-state index contributed by atoms with van der Waals surface area (Å²) in [6, 6.07) is 2.19. The lowest BCUT2D eigenvalue weighted by Crippen LogP contribution is -2.18. The second-order valence-corrected chi connectivity index (χ2v) is 5.84. The summed E-state index contributed by atoms with van der Waals surface area (Å²) in [5.74, 6) is -2.34. The molecular weight excluding hydrogens is 238 g/mol. The lowest BCUT2D eigenvalue weighted by molar-refractivity contribution is -0.118. The van der Waals surface area contributed by atoms with Gasteiger partial charge in [0.05, 0.1) is 5.69 Å². The molecule has 1 heterocycles. The molecule has 1 aliphatic carbocycles. The number of hydrogen-bond acceptors (Lipinski definition) is 2. The Morgan fingerprint density at radius 3 is 2.22 bits per heavy atom. The number of halogens is 2. The lowest BCUT2D eigenvalue weighted by Gasteiger charge is -2.06. The zero-order chi connectivity index (χ0) is 13.7. The largest absolute Gasteiger partial charge is 0.322 e. The van der Waals surface area contributed by atoms with Crippen molar-refractivity contribution in [3.8, 4) is 0 Å². The molecule has 1 N–H and O–H groups in total. The number of aromatic nitrogens is 1. The summed E-state index contributed by atoms with van der Waals surface area (Å²) in [7, 11) is 0. The van der Waals surface area contributed by atoms with Crippen LogP contribution in [0.25, 0.3) is 0 Å². The first-order chi connectivity index (χ1) is 8.18. The number of nitrogens with zero attached hydrogens (tertiary/aromatic N) is 1. The Kier molecular flexibility index (Phi) is 2.68. The molecule has 0 unspecified atom stereocenters. The molecule has 1 aliphatic rings. The van der Waals surface area contributed by atoms with Crippen molar-refractivity contribution >= 4 is 11.6 Å². The standard InChI is InChI=1S/C13H16F2N2O/c1-12(2)9(13(12,3)4)11(18)16-7-5-6-8(14)17-10(7)15/h5-6,9H,1-4H3,(H,16,18). The van der Waals surface area contributed by atoms with Gasteiger partial charge in [-0.15, -0.1) is 0 Å². The van der Waals surface area contributed by atoms with Gasteiger partial charge >= 0.3 is 0 Å². The van der Waals surface area contributed by atoms with E-state index in [0.29, 0.717) is 0 Å². The van der Waals surface area contributed by atoms with Crippen LogP contribution < -0.4 is 5.32 Å². The minimum atomic E-state index is -1.00. The molecular formula is C13H16F2N2O. The molecule has 0 radical (unpaired) electrons. The zero-order valence-electron chi connectivity index (χ0n) is 10.8. The van der Waals surface area contributed by atoms with Crippen molar-refractivity contribution in [1.29, 1.82) is 0 Å². The maximum absolute atomic E-state index is 13.3. The average Bonchev–Trinajstić information content (AvgIpc) is 2.62. The highest BCUT2D eigenvalue weighted by Crippen LogP contribution is 2.68. The van der Waals surface area contributed by atoms with Crippen molar-refractivity contribution in [2.45, 2.75) is 27.7 Å². The molecule has 0 spiro atoms. The van der Waals surface area contributed by atoms with Crippen LogP contribution in [-0.2, 0) is 4.79 Å². The first kappa shape index (κ1) is 12.9. The van der Waals surface area contributed by atoms with Gasteiger partial charge in [-0.3, -0.25) is 4.79 Å². The summed E-state index contributed by atoms with van der Waals surface area (Å²) >= 11 is 0. The predicted octanol–water partition coefficient (Wildman–Crippen LogP) is 2.98. The summed E-state index contributed by atoms with van der Waals surface area (Å²) in [5.41, 5.74) is -0.331. The fraction of sp³-hybridized carbons (Fsp3) is 0.538. The van der Waals surface area contributed by atoms with Crippen molar-refractivity contribution in [3.63, 3.8) is 0 Å². The first-order valence-corrected chi connectivity index (χ1v) is 5.81.